The lowest BCUT2D eigenvalue weighted by Crippen LogP contribution is -2.41. The SMILES string of the molecule is CN(CCOCC1CC1)C(=O)C1(C#N)CCCC1. The minimum Gasteiger partial charge on any atom is -0.379 e. The molecule has 0 atom stereocenters. The number of hydrogen-bond donors (Lipinski definition) is 0. The van der Waals surface area contributed by atoms with Crippen molar-refractivity contribution in [2.24, 2.45) is 11.3 Å². The molecule has 0 bridgehead atoms. The van der Waals surface area contributed by atoms with Crippen LogP contribution in [0.1, 0.15) is 38.5 Å². The van der Waals surface area contributed by atoms with E-state index in [0.29, 0.717) is 13.2 Å². The van der Waals surface area contributed by atoms with E-state index in [9.17, 15) is 10.1 Å². The second-order valence-corrected chi connectivity index (χ2v) is 5.65. The number of carbonyl (C=O) groups excluding carboxylic acids is 1. The number of nitriles is 1. The van der Waals surface area contributed by atoms with Gasteiger partial charge in [0.1, 0.15) is 5.41 Å². The van der Waals surface area contributed by atoms with Crippen molar-refractivity contribution < 1.29 is 9.53 Å². The average molecular weight is 250 g/mol. The van der Waals surface area contributed by atoms with Crippen LogP contribution in [0.3, 0.4) is 0 Å². The van der Waals surface area contributed by atoms with Crippen LogP contribution in [0.5, 0.6) is 0 Å². The molecular weight excluding hydrogens is 228 g/mol. The summed E-state index contributed by atoms with van der Waals surface area (Å²) in [5, 5.41) is 9.26. The van der Waals surface area contributed by atoms with Gasteiger partial charge in [-0.1, -0.05) is 12.8 Å². The summed E-state index contributed by atoms with van der Waals surface area (Å²) in [4.78, 5) is 14.0. The van der Waals surface area contributed by atoms with Crippen LogP contribution in [0.4, 0.5) is 0 Å². The first-order valence-corrected chi connectivity index (χ1v) is 6.92. The lowest BCUT2D eigenvalue weighted by Gasteiger charge is -2.26. The van der Waals surface area contributed by atoms with Crippen molar-refractivity contribution in [3.63, 3.8) is 0 Å². The van der Waals surface area contributed by atoms with E-state index in [4.69, 9.17) is 4.74 Å². The summed E-state index contributed by atoms with van der Waals surface area (Å²) in [5.74, 6) is 0.740. The monoisotopic (exact) mass is 250 g/mol. The maximum atomic E-state index is 12.3. The number of ether oxygens (including phenoxy) is 1. The van der Waals surface area contributed by atoms with Crippen molar-refractivity contribution >= 4 is 5.91 Å². The molecule has 2 saturated carbocycles. The molecule has 0 spiro atoms. The van der Waals surface area contributed by atoms with E-state index < -0.39 is 5.41 Å². The van der Waals surface area contributed by atoms with Crippen LogP contribution in [-0.4, -0.2) is 37.6 Å². The van der Waals surface area contributed by atoms with Gasteiger partial charge in [-0.15, -0.1) is 0 Å². The van der Waals surface area contributed by atoms with Crippen LogP contribution in [0.15, 0.2) is 0 Å². The van der Waals surface area contributed by atoms with Crippen molar-refractivity contribution in [3.8, 4) is 6.07 Å². The molecule has 1 amide bonds. The standard InChI is InChI=1S/C14H22N2O2/c1-16(8-9-18-10-12-4-5-12)13(17)14(11-15)6-2-3-7-14/h12H,2-10H2,1H3. The van der Waals surface area contributed by atoms with E-state index in [0.717, 1.165) is 38.2 Å². The van der Waals surface area contributed by atoms with Gasteiger partial charge in [0, 0.05) is 20.2 Å². The molecule has 18 heavy (non-hydrogen) atoms. The van der Waals surface area contributed by atoms with Crippen LogP contribution in [0, 0.1) is 22.7 Å². The van der Waals surface area contributed by atoms with Gasteiger partial charge in [-0.25, -0.2) is 0 Å². The maximum absolute atomic E-state index is 12.3. The van der Waals surface area contributed by atoms with Crippen LogP contribution in [-0.2, 0) is 9.53 Å². The smallest absolute Gasteiger partial charge is 0.242 e. The Labute approximate surface area is 109 Å². The van der Waals surface area contributed by atoms with Crippen molar-refractivity contribution in [3.05, 3.63) is 0 Å². The molecule has 0 aromatic heterocycles. The lowest BCUT2D eigenvalue weighted by atomic mass is 9.86. The quantitative estimate of drug-likeness (QED) is 0.677. The molecule has 2 aliphatic carbocycles. The van der Waals surface area contributed by atoms with Crippen molar-refractivity contribution in [1.82, 2.24) is 4.90 Å². The van der Waals surface area contributed by atoms with Gasteiger partial charge in [0.25, 0.3) is 0 Å². The van der Waals surface area contributed by atoms with Gasteiger partial charge in [-0.2, -0.15) is 5.26 Å². The predicted octanol–water partition coefficient (Wildman–Crippen LogP) is 1.96. The zero-order valence-corrected chi connectivity index (χ0v) is 11.2. The zero-order chi connectivity index (χ0) is 13.0. The molecular formula is C14H22N2O2. The topological polar surface area (TPSA) is 53.3 Å². The fourth-order valence-electron chi connectivity index (χ4n) is 2.55. The third kappa shape index (κ3) is 3.02. The van der Waals surface area contributed by atoms with E-state index in [2.05, 4.69) is 6.07 Å². The highest BCUT2D eigenvalue weighted by Gasteiger charge is 2.43. The molecule has 100 valence electrons. The van der Waals surface area contributed by atoms with E-state index >= 15 is 0 Å². The maximum Gasteiger partial charge on any atom is 0.242 e. The lowest BCUT2D eigenvalue weighted by molar-refractivity contribution is -0.138. The number of likely N-dealkylation sites (N-methyl/N-ethyl adjacent to an activating group) is 1. The number of hydrogen-bond acceptors (Lipinski definition) is 3. The molecule has 0 N–H and O–H groups in total. The Morgan fingerprint density at radius 2 is 2.11 bits per heavy atom. The molecule has 0 saturated heterocycles. The second kappa shape index (κ2) is 5.71. The Hall–Kier alpha value is -1.08. The average Bonchev–Trinajstić information content (AvgIpc) is 3.08. The van der Waals surface area contributed by atoms with E-state index in [1.165, 1.54) is 12.8 Å². The van der Waals surface area contributed by atoms with Crippen molar-refractivity contribution in [2.45, 2.75) is 38.5 Å². The summed E-state index contributed by atoms with van der Waals surface area (Å²) >= 11 is 0. The van der Waals surface area contributed by atoms with Gasteiger partial charge in [-0.05, 0) is 31.6 Å². The molecule has 2 fully saturated rings. The fraction of sp³-hybridized carbons (Fsp3) is 0.857. The van der Waals surface area contributed by atoms with Crippen molar-refractivity contribution in [2.75, 3.05) is 26.8 Å². The van der Waals surface area contributed by atoms with E-state index in [1.807, 2.05) is 0 Å². The number of rotatable bonds is 6. The number of amides is 1. The number of nitrogens with zero attached hydrogens (tertiary/aromatic N) is 2. The first kappa shape index (κ1) is 13.4. The Balaban J connectivity index is 1.74. The summed E-state index contributed by atoms with van der Waals surface area (Å²) in [6, 6.07) is 2.24. The molecule has 0 aromatic carbocycles. The van der Waals surface area contributed by atoms with Crippen LogP contribution in [0.2, 0.25) is 0 Å². The Kier molecular flexibility index (Phi) is 4.23. The Morgan fingerprint density at radius 1 is 1.44 bits per heavy atom. The first-order valence-electron chi connectivity index (χ1n) is 6.92. The molecule has 4 nitrogen and oxygen atoms in total. The highest BCUT2D eigenvalue weighted by atomic mass is 16.5. The van der Waals surface area contributed by atoms with Gasteiger partial charge in [0.15, 0.2) is 0 Å². The summed E-state index contributed by atoms with van der Waals surface area (Å²) in [6.07, 6.45) is 5.99. The third-order valence-corrected chi connectivity index (χ3v) is 4.05. The zero-order valence-electron chi connectivity index (χ0n) is 11.2. The highest BCUT2D eigenvalue weighted by Crippen LogP contribution is 2.38. The minimum atomic E-state index is -0.745. The summed E-state index contributed by atoms with van der Waals surface area (Å²) in [7, 11) is 1.78. The molecule has 0 heterocycles. The Bertz CT molecular complexity index is 338. The van der Waals surface area contributed by atoms with Crippen molar-refractivity contribution in [1.29, 1.82) is 5.26 Å². The first-order chi connectivity index (χ1) is 8.68. The van der Waals surface area contributed by atoms with Gasteiger partial charge in [-0.3, -0.25) is 4.79 Å². The molecule has 2 aliphatic rings. The third-order valence-electron chi connectivity index (χ3n) is 4.05. The largest absolute Gasteiger partial charge is 0.379 e. The number of carbonyl (C=O) groups is 1. The highest BCUT2D eigenvalue weighted by molar-refractivity contribution is 5.85. The fourth-order valence-corrected chi connectivity index (χ4v) is 2.55. The van der Waals surface area contributed by atoms with E-state index in [1.54, 1.807) is 11.9 Å². The van der Waals surface area contributed by atoms with Gasteiger partial charge in [0.2, 0.25) is 5.91 Å². The molecule has 0 aliphatic heterocycles. The molecule has 4 heteroatoms. The van der Waals surface area contributed by atoms with Gasteiger partial charge in [0.05, 0.1) is 12.7 Å². The normalized spacial score (nSPS) is 21.6. The second-order valence-electron chi connectivity index (χ2n) is 5.65. The predicted molar refractivity (Wildman–Crippen MR) is 67.7 cm³/mol. The summed E-state index contributed by atoms with van der Waals surface area (Å²) in [6.45, 7) is 2.00. The van der Waals surface area contributed by atoms with Crippen LogP contribution in [0.25, 0.3) is 0 Å². The molecule has 2 rings (SSSR count). The molecule has 0 radical (unpaired) electrons. The van der Waals surface area contributed by atoms with Gasteiger partial charge < -0.3 is 9.64 Å². The van der Waals surface area contributed by atoms with Gasteiger partial charge >= 0.3 is 0 Å². The van der Waals surface area contributed by atoms with Crippen LogP contribution >= 0.6 is 0 Å². The minimum absolute atomic E-state index is 0.0162. The van der Waals surface area contributed by atoms with Crippen LogP contribution < -0.4 is 0 Å². The summed E-state index contributed by atoms with van der Waals surface area (Å²) < 4.78 is 5.53. The summed E-state index contributed by atoms with van der Waals surface area (Å²) in [5.41, 5.74) is -0.745. The van der Waals surface area contributed by atoms with E-state index in [-0.39, 0.29) is 5.91 Å². The molecule has 0 unspecified atom stereocenters. The Morgan fingerprint density at radius 3 is 2.67 bits per heavy atom. The molecule has 0 aromatic rings.